The Labute approximate surface area is 167 Å². The largest absolute Gasteiger partial charge is 0.367 e. The Morgan fingerprint density at radius 3 is 2.71 bits per heavy atom. The molecule has 1 aliphatic heterocycles. The van der Waals surface area contributed by atoms with E-state index in [1.54, 1.807) is 23.7 Å². The number of pyridine rings is 1. The highest BCUT2D eigenvalue weighted by atomic mass is 32.1. The molecule has 1 aromatic carbocycles. The number of morpholine rings is 1. The van der Waals surface area contributed by atoms with E-state index in [1.165, 1.54) is 5.56 Å². The maximum Gasteiger partial charge on any atom is 0.162 e. The van der Waals surface area contributed by atoms with Crippen molar-refractivity contribution in [3.8, 4) is 11.4 Å². The van der Waals surface area contributed by atoms with Crippen molar-refractivity contribution in [3.63, 3.8) is 0 Å². The van der Waals surface area contributed by atoms with E-state index in [0.29, 0.717) is 0 Å². The summed E-state index contributed by atoms with van der Waals surface area (Å²) in [4.78, 5) is 16.2. The number of aromatic nitrogens is 3. The summed E-state index contributed by atoms with van der Waals surface area (Å²) in [6.45, 7) is 3.70. The lowest BCUT2D eigenvalue weighted by atomic mass is 10.1. The summed E-state index contributed by atoms with van der Waals surface area (Å²) in [5, 5.41) is 5.34. The third kappa shape index (κ3) is 3.25. The molecule has 6 heteroatoms. The summed E-state index contributed by atoms with van der Waals surface area (Å²) in [7, 11) is 0. The van der Waals surface area contributed by atoms with Gasteiger partial charge in [0.2, 0.25) is 0 Å². The molecule has 1 fully saturated rings. The second kappa shape index (κ2) is 7.30. The van der Waals surface area contributed by atoms with Crippen molar-refractivity contribution in [2.75, 3.05) is 18.0 Å². The van der Waals surface area contributed by atoms with E-state index in [9.17, 15) is 0 Å². The van der Waals surface area contributed by atoms with Crippen LogP contribution in [0.25, 0.3) is 22.3 Å². The molecule has 2 unspecified atom stereocenters. The average molecular weight is 388 g/mol. The van der Waals surface area contributed by atoms with Gasteiger partial charge in [-0.05, 0) is 53.6 Å². The predicted octanol–water partition coefficient (Wildman–Crippen LogP) is 4.72. The maximum atomic E-state index is 6.22. The van der Waals surface area contributed by atoms with E-state index in [2.05, 4.69) is 39.7 Å². The molecule has 140 valence electrons. The van der Waals surface area contributed by atoms with Gasteiger partial charge in [0.05, 0.1) is 11.6 Å². The van der Waals surface area contributed by atoms with Gasteiger partial charge in [0.15, 0.2) is 5.82 Å². The van der Waals surface area contributed by atoms with E-state index >= 15 is 0 Å². The van der Waals surface area contributed by atoms with Crippen molar-refractivity contribution in [2.45, 2.75) is 19.1 Å². The van der Waals surface area contributed by atoms with Gasteiger partial charge in [-0.2, -0.15) is 11.3 Å². The lowest BCUT2D eigenvalue weighted by molar-refractivity contribution is -0.0173. The van der Waals surface area contributed by atoms with Crippen molar-refractivity contribution in [1.29, 1.82) is 0 Å². The Morgan fingerprint density at radius 1 is 1.04 bits per heavy atom. The minimum absolute atomic E-state index is 0.0492. The zero-order valence-electron chi connectivity index (χ0n) is 15.5. The summed E-state index contributed by atoms with van der Waals surface area (Å²) in [5.41, 5.74) is 3.15. The molecule has 3 aromatic heterocycles. The highest BCUT2D eigenvalue weighted by molar-refractivity contribution is 7.07. The van der Waals surface area contributed by atoms with Crippen LogP contribution in [0.4, 0.5) is 5.82 Å². The fourth-order valence-electron chi connectivity index (χ4n) is 3.70. The highest BCUT2D eigenvalue weighted by Crippen LogP contribution is 2.33. The molecule has 5 nitrogen and oxygen atoms in total. The topological polar surface area (TPSA) is 51.1 Å². The maximum absolute atomic E-state index is 6.22. The molecule has 28 heavy (non-hydrogen) atoms. The van der Waals surface area contributed by atoms with Gasteiger partial charge in [-0.3, -0.25) is 4.98 Å². The lowest BCUT2D eigenvalue weighted by Crippen LogP contribution is -2.43. The molecular formula is C22H20N4OS. The molecule has 0 radical (unpaired) electrons. The van der Waals surface area contributed by atoms with E-state index in [0.717, 1.165) is 41.2 Å². The van der Waals surface area contributed by atoms with E-state index in [-0.39, 0.29) is 12.2 Å². The van der Waals surface area contributed by atoms with Gasteiger partial charge >= 0.3 is 0 Å². The Hall–Kier alpha value is -2.83. The number of rotatable bonds is 3. The molecule has 4 aromatic rings. The second-order valence-electron chi connectivity index (χ2n) is 7.02. The molecule has 0 N–H and O–H groups in total. The molecule has 0 spiro atoms. The van der Waals surface area contributed by atoms with Gasteiger partial charge < -0.3 is 9.64 Å². The first-order valence-electron chi connectivity index (χ1n) is 9.37. The average Bonchev–Trinajstić information content (AvgIpc) is 3.28. The van der Waals surface area contributed by atoms with Gasteiger partial charge in [-0.15, -0.1) is 0 Å². The smallest absolute Gasteiger partial charge is 0.162 e. The monoisotopic (exact) mass is 388 g/mol. The third-order valence-electron chi connectivity index (χ3n) is 5.00. The number of hydrogen-bond donors (Lipinski definition) is 0. The first-order chi connectivity index (χ1) is 13.8. The van der Waals surface area contributed by atoms with Crippen LogP contribution in [-0.4, -0.2) is 34.1 Å². The van der Waals surface area contributed by atoms with Crippen molar-refractivity contribution < 1.29 is 4.74 Å². The van der Waals surface area contributed by atoms with E-state index in [1.807, 2.05) is 30.3 Å². The van der Waals surface area contributed by atoms with Gasteiger partial charge in [0, 0.05) is 36.4 Å². The summed E-state index contributed by atoms with van der Waals surface area (Å²) in [6.07, 6.45) is 3.72. The number of benzene rings is 1. The highest BCUT2D eigenvalue weighted by Gasteiger charge is 2.29. The van der Waals surface area contributed by atoms with Crippen LogP contribution in [0.2, 0.25) is 0 Å². The Morgan fingerprint density at radius 2 is 1.89 bits per heavy atom. The zero-order valence-corrected chi connectivity index (χ0v) is 16.3. The summed E-state index contributed by atoms with van der Waals surface area (Å²) >= 11 is 1.70. The minimum atomic E-state index is 0.0492. The van der Waals surface area contributed by atoms with Crippen LogP contribution >= 0.6 is 11.3 Å². The van der Waals surface area contributed by atoms with Crippen molar-refractivity contribution in [1.82, 2.24) is 15.0 Å². The minimum Gasteiger partial charge on any atom is -0.367 e. The van der Waals surface area contributed by atoms with Crippen molar-refractivity contribution >= 4 is 28.1 Å². The Balaban J connectivity index is 1.61. The summed E-state index contributed by atoms with van der Waals surface area (Å²) < 4.78 is 6.22. The first-order valence-corrected chi connectivity index (χ1v) is 10.3. The van der Waals surface area contributed by atoms with Gasteiger partial charge in [-0.25, -0.2) is 9.97 Å². The summed E-state index contributed by atoms with van der Waals surface area (Å²) in [6, 6.07) is 14.2. The van der Waals surface area contributed by atoms with Crippen LogP contribution in [0.5, 0.6) is 0 Å². The fourth-order valence-corrected chi connectivity index (χ4v) is 4.40. The van der Waals surface area contributed by atoms with Crippen LogP contribution in [0.15, 0.2) is 65.6 Å². The summed E-state index contributed by atoms with van der Waals surface area (Å²) in [5.74, 6) is 1.69. The number of para-hydroxylation sites is 1. The fraction of sp³-hybridized carbons (Fsp3) is 0.227. The van der Waals surface area contributed by atoms with Crippen LogP contribution in [-0.2, 0) is 4.74 Å². The number of fused-ring (bicyclic) bond motifs is 1. The normalized spacial score (nSPS) is 19.8. The van der Waals surface area contributed by atoms with Crippen molar-refractivity contribution in [3.05, 3.63) is 71.2 Å². The Kier molecular flexibility index (Phi) is 4.50. The lowest BCUT2D eigenvalue weighted by Gasteiger charge is -2.38. The first kappa shape index (κ1) is 17.3. The van der Waals surface area contributed by atoms with Gasteiger partial charge in [0.25, 0.3) is 0 Å². The van der Waals surface area contributed by atoms with Crippen LogP contribution in [0, 0.1) is 0 Å². The van der Waals surface area contributed by atoms with Crippen LogP contribution in [0.1, 0.15) is 18.6 Å². The molecule has 0 aliphatic carbocycles. The number of nitrogens with zero attached hydrogens (tertiary/aromatic N) is 4. The molecule has 2 atom stereocenters. The number of hydrogen-bond acceptors (Lipinski definition) is 6. The predicted molar refractivity (Wildman–Crippen MR) is 113 cm³/mol. The molecular weight excluding hydrogens is 368 g/mol. The van der Waals surface area contributed by atoms with Crippen LogP contribution < -0.4 is 4.90 Å². The van der Waals surface area contributed by atoms with Gasteiger partial charge in [-0.1, -0.05) is 12.1 Å². The van der Waals surface area contributed by atoms with E-state index in [4.69, 9.17) is 14.7 Å². The Bertz CT molecular complexity index is 1080. The number of ether oxygens (including phenoxy) is 1. The quantitative estimate of drug-likeness (QED) is 0.508. The second-order valence-corrected chi connectivity index (χ2v) is 7.80. The zero-order chi connectivity index (χ0) is 18.9. The molecule has 5 rings (SSSR count). The molecule has 0 bridgehead atoms. The third-order valence-corrected chi connectivity index (χ3v) is 5.70. The van der Waals surface area contributed by atoms with Crippen molar-refractivity contribution in [2.24, 2.45) is 0 Å². The number of thiophene rings is 1. The van der Waals surface area contributed by atoms with Gasteiger partial charge in [0.1, 0.15) is 11.9 Å². The molecule has 4 heterocycles. The number of anilines is 1. The van der Waals surface area contributed by atoms with Crippen LogP contribution in [0.3, 0.4) is 0 Å². The molecule has 0 amide bonds. The van der Waals surface area contributed by atoms with E-state index < -0.39 is 0 Å². The molecule has 0 saturated carbocycles. The molecule has 1 aliphatic rings. The SMILES string of the molecule is CC1CN(c2nc(-c3ccncc3)nc3ccccc23)CC(c2ccsc2)O1. The standard InChI is InChI=1S/C22H20N4OS/c1-15-12-26(13-20(27-15)17-8-11-28-14-17)22-18-4-2-3-5-19(18)24-21(25-22)16-6-9-23-10-7-16/h2-11,14-15,20H,12-13H2,1H3. The molecule has 1 saturated heterocycles.